The molecule has 0 aliphatic rings. The molecule has 0 spiro atoms. The Labute approximate surface area is 323 Å². The Morgan fingerprint density at radius 3 is 1.47 bits per heavy atom. The van der Waals surface area contributed by atoms with Gasteiger partial charge in [-0.25, -0.2) is 9.97 Å². The van der Waals surface area contributed by atoms with Crippen LogP contribution in [-0.2, 0) is 0 Å². The lowest BCUT2D eigenvalue weighted by molar-refractivity contribution is 1.18. The van der Waals surface area contributed by atoms with E-state index in [0.29, 0.717) is 5.82 Å². The molecule has 0 saturated heterocycles. The van der Waals surface area contributed by atoms with Crippen LogP contribution >= 0.6 is 11.3 Å². The Balaban J connectivity index is 1.21. The Kier molecular flexibility index (Phi) is 8.36. The van der Waals surface area contributed by atoms with Crippen molar-refractivity contribution >= 4 is 31.5 Å². The summed E-state index contributed by atoms with van der Waals surface area (Å²) in [7, 11) is 0. The van der Waals surface area contributed by atoms with Crippen molar-refractivity contribution in [1.29, 1.82) is 0 Å². The van der Waals surface area contributed by atoms with Crippen LogP contribution in [0.5, 0.6) is 0 Å². The van der Waals surface area contributed by atoms with Crippen molar-refractivity contribution in [3.8, 4) is 78.5 Å². The topological polar surface area (TPSA) is 38.7 Å². The fourth-order valence-corrected chi connectivity index (χ4v) is 8.65. The maximum absolute atomic E-state index is 5.31. The lowest BCUT2D eigenvalue weighted by Crippen LogP contribution is -1.97. The molecule has 4 heteroatoms. The summed E-state index contributed by atoms with van der Waals surface area (Å²) in [6.45, 7) is 0. The molecule has 258 valence electrons. The van der Waals surface area contributed by atoms with Crippen molar-refractivity contribution in [2.75, 3.05) is 0 Å². The van der Waals surface area contributed by atoms with E-state index in [2.05, 4.69) is 164 Å². The highest BCUT2D eigenvalue weighted by atomic mass is 32.1. The van der Waals surface area contributed by atoms with Gasteiger partial charge in [0.05, 0.1) is 17.1 Å². The van der Waals surface area contributed by atoms with Gasteiger partial charge in [0.1, 0.15) is 0 Å². The molecule has 0 bridgehead atoms. The minimum Gasteiger partial charge on any atom is -0.256 e. The largest absolute Gasteiger partial charge is 0.256 e. The second kappa shape index (κ2) is 14.1. The van der Waals surface area contributed by atoms with E-state index < -0.39 is 0 Å². The molecule has 10 rings (SSSR count). The molecule has 3 nitrogen and oxygen atoms in total. The van der Waals surface area contributed by atoms with E-state index in [-0.39, 0.29) is 0 Å². The van der Waals surface area contributed by atoms with E-state index in [1.54, 1.807) is 0 Å². The van der Waals surface area contributed by atoms with Crippen molar-refractivity contribution in [3.63, 3.8) is 0 Å². The van der Waals surface area contributed by atoms with E-state index in [9.17, 15) is 0 Å². The van der Waals surface area contributed by atoms with E-state index in [1.165, 1.54) is 25.7 Å². The van der Waals surface area contributed by atoms with Crippen LogP contribution in [0.3, 0.4) is 0 Å². The zero-order valence-corrected chi connectivity index (χ0v) is 30.6. The first-order valence-electron chi connectivity index (χ1n) is 18.4. The molecule has 0 unspecified atom stereocenters. The summed E-state index contributed by atoms with van der Waals surface area (Å²) in [5, 5.41) is 2.57. The van der Waals surface area contributed by atoms with Gasteiger partial charge in [0.2, 0.25) is 0 Å². The van der Waals surface area contributed by atoms with Crippen molar-refractivity contribution in [2.45, 2.75) is 0 Å². The molecular weight excluding hydrogens is 687 g/mol. The van der Waals surface area contributed by atoms with Crippen molar-refractivity contribution in [1.82, 2.24) is 15.0 Å². The van der Waals surface area contributed by atoms with E-state index >= 15 is 0 Å². The van der Waals surface area contributed by atoms with Crippen LogP contribution in [0, 0.1) is 0 Å². The molecule has 0 radical (unpaired) electrons. The fourth-order valence-electron chi connectivity index (χ4n) is 7.42. The number of fused-ring (bicyclic) bond motifs is 3. The van der Waals surface area contributed by atoms with Crippen molar-refractivity contribution in [3.05, 3.63) is 200 Å². The van der Waals surface area contributed by atoms with Gasteiger partial charge in [-0.15, -0.1) is 11.3 Å². The number of thiophene rings is 1. The lowest BCUT2D eigenvalue weighted by atomic mass is 9.93. The third-order valence-electron chi connectivity index (χ3n) is 10.1. The molecule has 55 heavy (non-hydrogen) atoms. The number of aromatic nitrogens is 3. The molecule has 10 aromatic rings. The number of nitrogens with zero attached hydrogens (tertiary/aromatic N) is 3. The summed E-state index contributed by atoms with van der Waals surface area (Å²) in [6.07, 6.45) is 1.84. The molecular formula is C51H33N3S. The molecule has 0 amide bonds. The standard InChI is InChI=1S/C51H33N3S/c1-4-15-34(16-5-1)37-27-39(43-22-14-23-45-44-21-10-11-25-49(44)55-50(43)45)31-41(29-37)47-33-48(54-51(53-47)36-19-8-3-9-20-36)42-30-38(35-17-6-2-7-18-35)28-40(32-42)46-24-12-13-26-52-46/h1-33H. The first-order valence-corrected chi connectivity index (χ1v) is 19.2. The quantitative estimate of drug-likeness (QED) is 0.165. The summed E-state index contributed by atoms with van der Waals surface area (Å²) in [6, 6.07) is 68.5. The first kappa shape index (κ1) is 32.6. The van der Waals surface area contributed by atoms with Gasteiger partial charge in [-0.1, -0.05) is 133 Å². The highest BCUT2D eigenvalue weighted by molar-refractivity contribution is 7.26. The second-order valence-corrected chi connectivity index (χ2v) is 14.7. The van der Waals surface area contributed by atoms with Gasteiger partial charge in [-0.3, -0.25) is 4.98 Å². The number of rotatable bonds is 7. The molecule has 0 atom stereocenters. The molecule has 0 aliphatic carbocycles. The molecule has 3 aromatic heterocycles. The van der Waals surface area contributed by atoms with Crippen molar-refractivity contribution in [2.24, 2.45) is 0 Å². The molecule has 0 aliphatic heterocycles. The Morgan fingerprint density at radius 1 is 0.327 bits per heavy atom. The zero-order valence-electron chi connectivity index (χ0n) is 29.8. The van der Waals surface area contributed by atoms with Gasteiger partial charge in [-0.05, 0) is 94.0 Å². The van der Waals surface area contributed by atoms with Crippen LogP contribution < -0.4 is 0 Å². The van der Waals surface area contributed by atoms with Crippen LogP contribution in [0.1, 0.15) is 0 Å². The number of hydrogen-bond donors (Lipinski definition) is 0. The summed E-state index contributed by atoms with van der Waals surface area (Å²) in [4.78, 5) is 15.3. The van der Waals surface area contributed by atoms with Crippen LogP contribution in [0.15, 0.2) is 200 Å². The third kappa shape index (κ3) is 6.39. The third-order valence-corrected chi connectivity index (χ3v) is 11.3. The Bertz CT molecular complexity index is 2900. The molecule has 0 N–H and O–H groups in total. The van der Waals surface area contributed by atoms with Crippen LogP contribution in [0.4, 0.5) is 0 Å². The predicted octanol–water partition coefficient (Wildman–Crippen LogP) is 13.9. The van der Waals surface area contributed by atoms with Gasteiger partial charge >= 0.3 is 0 Å². The normalized spacial score (nSPS) is 11.3. The van der Waals surface area contributed by atoms with Crippen LogP contribution in [0.25, 0.3) is 98.7 Å². The minimum atomic E-state index is 0.677. The molecule has 0 saturated carbocycles. The molecule has 3 heterocycles. The van der Waals surface area contributed by atoms with E-state index in [4.69, 9.17) is 15.0 Å². The number of pyridine rings is 1. The molecule has 7 aromatic carbocycles. The van der Waals surface area contributed by atoms with E-state index in [1.807, 2.05) is 47.9 Å². The average Bonchev–Trinajstić information content (AvgIpc) is 3.66. The van der Waals surface area contributed by atoms with Crippen LogP contribution in [-0.4, -0.2) is 15.0 Å². The maximum atomic E-state index is 5.31. The van der Waals surface area contributed by atoms with Gasteiger partial charge in [-0.2, -0.15) is 0 Å². The summed E-state index contributed by atoms with van der Waals surface area (Å²) in [5.41, 5.74) is 13.5. The second-order valence-electron chi connectivity index (χ2n) is 13.7. The zero-order chi connectivity index (χ0) is 36.6. The van der Waals surface area contributed by atoms with Gasteiger partial charge in [0, 0.05) is 48.6 Å². The summed E-state index contributed by atoms with van der Waals surface area (Å²) < 4.78 is 2.58. The highest BCUT2D eigenvalue weighted by Gasteiger charge is 2.17. The first-order chi connectivity index (χ1) is 27.2. The fraction of sp³-hybridized carbons (Fsp3) is 0. The Hall–Kier alpha value is -7.01. The summed E-state index contributed by atoms with van der Waals surface area (Å²) in [5.74, 6) is 0.677. The van der Waals surface area contributed by atoms with Crippen LogP contribution in [0.2, 0.25) is 0 Å². The van der Waals surface area contributed by atoms with Crippen molar-refractivity contribution < 1.29 is 0 Å². The summed E-state index contributed by atoms with van der Waals surface area (Å²) >= 11 is 1.85. The smallest absolute Gasteiger partial charge is 0.160 e. The van der Waals surface area contributed by atoms with Gasteiger partial charge < -0.3 is 0 Å². The Morgan fingerprint density at radius 2 is 0.836 bits per heavy atom. The SMILES string of the molecule is c1ccc(-c2cc(-c3ccccn3)cc(-c3cc(-c4cc(-c5ccccc5)cc(-c5cccc6c5sc5ccccc56)c4)nc(-c4ccccc4)n3)c2)cc1. The average molecular weight is 720 g/mol. The number of hydrogen-bond acceptors (Lipinski definition) is 4. The predicted molar refractivity (Wildman–Crippen MR) is 231 cm³/mol. The maximum Gasteiger partial charge on any atom is 0.160 e. The van der Waals surface area contributed by atoms with Gasteiger partial charge in [0.15, 0.2) is 5.82 Å². The molecule has 0 fully saturated rings. The lowest BCUT2D eigenvalue weighted by Gasteiger charge is -2.15. The van der Waals surface area contributed by atoms with E-state index in [0.717, 1.165) is 67.2 Å². The highest BCUT2D eigenvalue weighted by Crippen LogP contribution is 2.42. The number of benzene rings is 7. The van der Waals surface area contributed by atoms with Gasteiger partial charge in [0.25, 0.3) is 0 Å². The monoisotopic (exact) mass is 719 g/mol. The minimum absolute atomic E-state index is 0.677.